The van der Waals surface area contributed by atoms with E-state index in [-0.39, 0.29) is 6.04 Å². The summed E-state index contributed by atoms with van der Waals surface area (Å²) in [5, 5.41) is 0. The molecule has 4 nitrogen and oxygen atoms in total. The standard InChI is InChI=1S/C16H25N3O/c1-18-7-9-19(10-8-18)15-6-3-12-11-13(20-2)4-5-14(12)16(15)17/h4-5,11,15-16H,3,6-10,17H2,1-2H3. The second-order valence-electron chi connectivity index (χ2n) is 6.04. The fraction of sp³-hybridized carbons (Fsp3) is 0.625. The van der Waals surface area contributed by atoms with Gasteiger partial charge in [0.15, 0.2) is 0 Å². The van der Waals surface area contributed by atoms with Gasteiger partial charge in [0.2, 0.25) is 0 Å². The molecule has 0 amide bonds. The number of likely N-dealkylation sites (N-methyl/N-ethyl adjacent to an activating group) is 1. The third-order valence-electron chi connectivity index (χ3n) is 4.84. The molecule has 2 unspecified atom stereocenters. The van der Waals surface area contributed by atoms with Gasteiger partial charge in [-0.25, -0.2) is 0 Å². The van der Waals surface area contributed by atoms with Gasteiger partial charge >= 0.3 is 0 Å². The van der Waals surface area contributed by atoms with Gasteiger partial charge in [-0.3, -0.25) is 4.90 Å². The highest BCUT2D eigenvalue weighted by atomic mass is 16.5. The summed E-state index contributed by atoms with van der Waals surface area (Å²) < 4.78 is 5.31. The summed E-state index contributed by atoms with van der Waals surface area (Å²) in [5.41, 5.74) is 9.22. The Morgan fingerprint density at radius 3 is 2.65 bits per heavy atom. The monoisotopic (exact) mass is 275 g/mol. The summed E-state index contributed by atoms with van der Waals surface area (Å²) >= 11 is 0. The summed E-state index contributed by atoms with van der Waals surface area (Å²) in [6.45, 7) is 4.58. The number of nitrogens with zero attached hydrogens (tertiary/aromatic N) is 2. The van der Waals surface area contributed by atoms with Gasteiger partial charge < -0.3 is 15.4 Å². The van der Waals surface area contributed by atoms with Crippen LogP contribution in [0.3, 0.4) is 0 Å². The van der Waals surface area contributed by atoms with Crippen molar-refractivity contribution < 1.29 is 4.74 Å². The van der Waals surface area contributed by atoms with Crippen molar-refractivity contribution in [2.24, 2.45) is 5.73 Å². The zero-order valence-electron chi connectivity index (χ0n) is 12.5. The SMILES string of the molecule is COc1ccc2c(c1)CCC(N1CCN(C)CC1)C2N. The molecule has 2 aliphatic rings. The first-order valence-corrected chi connectivity index (χ1v) is 7.54. The molecule has 1 heterocycles. The van der Waals surface area contributed by atoms with Crippen molar-refractivity contribution in [3.05, 3.63) is 29.3 Å². The lowest BCUT2D eigenvalue weighted by Crippen LogP contribution is -2.53. The Kier molecular flexibility index (Phi) is 3.96. The Morgan fingerprint density at radius 1 is 1.20 bits per heavy atom. The number of fused-ring (bicyclic) bond motifs is 1. The predicted octanol–water partition coefficient (Wildman–Crippen LogP) is 1.26. The van der Waals surface area contributed by atoms with Crippen LogP contribution in [0.2, 0.25) is 0 Å². The highest BCUT2D eigenvalue weighted by molar-refractivity contribution is 5.40. The Labute approximate surface area is 121 Å². The minimum absolute atomic E-state index is 0.132. The molecule has 0 spiro atoms. The molecule has 2 N–H and O–H groups in total. The fourth-order valence-corrected chi connectivity index (χ4v) is 3.50. The van der Waals surface area contributed by atoms with Gasteiger partial charge in [0, 0.05) is 38.3 Å². The third-order valence-corrected chi connectivity index (χ3v) is 4.84. The molecule has 0 bridgehead atoms. The van der Waals surface area contributed by atoms with E-state index < -0.39 is 0 Å². The molecule has 0 radical (unpaired) electrons. The van der Waals surface area contributed by atoms with Crippen molar-refractivity contribution in [2.75, 3.05) is 40.3 Å². The maximum absolute atomic E-state index is 6.55. The molecular weight excluding hydrogens is 250 g/mol. The molecule has 20 heavy (non-hydrogen) atoms. The Morgan fingerprint density at radius 2 is 1.95 bits per heavy atom. The first-order chi connectivity index (χ1) is 9.69. The van der Waals surface area contributed by atoms with Gasteiger partial charge in [-0.2, -0.15) is 0 Å². The molecular formula is C16H25N3O. The molecule has 1 aromatic carbocycles. The number of piperazine rings is 1. The normalized spacial score (nSPS) is 28.1. The van der Waals surface area contributed by atoms with E-state index >= 15 is 0 Å². The quantitative estimate of drug-likeness (QED) is 0.882. The fourth-order valence-electron chi connectivity index (χ4n) is 3.50. The first-order valence-electron chi connectivity index (χ1n) is 7.54. The summed E-state index contributed by atoms with van der Waals surface area (Å²) in [6, 6.07) is 6.96. The van der Waals surface area contributed by atoms with Crippen LogP contribution in [0.15, 0.2) is 18.2 Å². The van der Waals surface area contributed by atoms with Gasteiger partial charge in [0.05, 0.1) is 7.11 Å². The van der Waals surface area contributed by atoms with Crippen LogP contribution in [0.5, 0.6) is 5.75 Å². The lowest BCUT2D eigenvalue weighted by molar-refractivity contribution is 0.0896. The smallest absolute Gasteiger partial charge is 0.119 e. The van der Waals surface area contributed by atoms with Crippen molar-refractivity contribution >= 4 is 0 Å². The van der Waals surface area contributed by atoms with Gasteiger partial charge in [0.1, 0.15) is 5.75 Å². The van der Waals surface area contributed by atoms with Crippen LogP contribution in [-0.4, -0.2) is 56.2 Å². The number of aryl methyl sites for hydroxylation is 1. The lowest BCUT2D eigenvalue weighted by atomic mass is 9.83. The largest absolute Gasteiger partial charge is 0.497 e. The molecule has 3 rings (SSSR count). The van der Waals surface area contributed by atoms with Gasteiger partial charge in [-0.15, -0.1) is 0 Å². The second kappa shape index (κ2) is 5.72. The van der Waals surface area contributed by atoms with E-state index in [1.807, 2.05) is 6.07 Å². The van der Waals surface area contributed by atoms with Gasteiger partial charge in [-0.05, 0) is 43.1 Å². The molecule has 110 valence electrons. The minimum Gasteiger partial charge on any atom is -0.497 e. The topological polar surface area (TPSA) is 41.7 Å². The van der Waals surface area contributed by atoms with Gasteiger partial charge in [-0.1, -0.05) is 6.07 Å². The molecule has 1 aliphatic heterocycles. The first kappa shape index (κ1) is 13.9. The van der Waals surface area contributed by atoms with E-state index in [9.17, 15) is 0 Å². The van der Waals surface area contributed by atoms with E-state index in [4.69, 9.17) is 10.5 Å². The summed E-state index contributed by atoms with van der Waals surface area (Å²) in [6.07, 6.45) is 2.27. The number of benzene rings is 1. The summed E-state index contributed by atoms with van der Waals surface area (Å²) in [4.78, 5) is 4.97. The molecule has 1 aromatic rings. The summed E-state index contributed by atoms with van der Waals surface area (Å²) in [5.74, 6) is 0.939. The van der Waals surface area contributed by atoms with Crippen LogP contribution in [0, 0.1) is 0 Å². The molecule has 2 atom stereocenters. The number of rotatable bonds is 2. The summed E-state index contributed by atoms with van der Waals surface area (Å²) in [7, 11) is 3.91. The van der Waals surface area contributed by atoms with Crippen LogP contribution in [0.25, 0.3) is 0 Å². The van der Waals surface area contributed by atoms with E-state index in [2.05, 4.69) is 29.0 Å². The third kappa shape index (κ3) is 2.55. The number of nitrogens with two attached hydrogens (primary N) is 1. The van der Waals surface area contributed by atoms with Crippen LogP contribution in [0.1, 0.15) is 23.6 Å². The van der Waals surface area contributed by atoms with Crippen LogP contribution < -0.4 is 10.5 Å². The predicted molar refractivity (Wildman–Crippen MR) is 81.1 cm³/mol. The zero-order valence-corrected chi connectivity index (χ0v) is 12.5. The van der Waals surface area contributed by atoms with E-state index in [1.54, 1.807) is 7.11 Å². The van der Waals surface area contributed by atoms with Crippen LogP contribution in [-0.2, 0) is 6.42 Å². The zero-order chi connectivity index (χ0) is 14.1. The molecule has 1 saturated heterocycles. The highest BCUT2D eigenvalue weighted by Crippen LogP contribution is 2.33. The Balaban J connectivity index is 1.77. The Bertz CT molecular complexity index is 469. The van der Waals surface area contributed by atoms with E-state index in [0.29, 0.717) is 6.04 Å². The number of hydrogen-bond acceptors (Lipinski definition) is 4. The van der Waals surface area contributed by atoms with Crippen molar-refractivity contribution in [1.82, 2.24) is 9.80 Å². The second-order valence-corrected chi connectivity index (χ2v) is 6.04. The van der Waals surface area contributed by atoms with Crippen molar-refractivity contribution in [1.29, 1.82) is 0 Å². The highest BCUT2D eigenvalue weighted by Gasteiger charge is 2.32. The maximum atomic E-state index is 6.55. The average molecular weight is 275 g/mol. The average Bonchev–Trinajstić information content (AvgIpc) is 2.48. The Hall–Kier alpha value is -1.10. The molecule has 1 aliphatic carbocycles. The van der Waals surface area contributed by atoms with E-state index in [1.165, 1.54) is 11.1 Å². The maximum Gasteiger partial charge on any atom is 0.119 e. The molecule has 0 aromatic heterocycles. The van der Waals surface area contributed by atoms with Crippen molar-refractivity contribution in [3.63, 3.8) is 0 Å². The lowest BCUT2D eigenvalue weighted by Gasteiger charge is -2.43. The number of ether oxygens (including phenoxy) is 1. The van der Waals surface area contributed by atoms with Crippen molar-refractivity contribution in [2.45, 2.75) is 24.9 Å². The van der Waals surface area contributed by atoms with E-state index in [0.717, 1.165) is 44.8 Å². The van der Waals surface area contributed by atoms with Crippen LogP contribution in [0.4, 0.5) is 0 Å². The number of methoxy groups -OCH3 is 1. The molecule has 4 heteroatoms. The number of hydrogen-bond donors (Lipinski definition) is 1. The molecule has 1 fully saturated rings. The minimum atomic E-state index is 0.132. The molecule has 0 saturated carbocycles. The van der Waals surface area contributed by atoms with Crippen molar-refractivity contribution in [3.8, 4) is 5.75 Å². The van der Waals surface area contributed by atoms with Gasteiger partial charge in [0.25, 0.3) is 0 Å². The van der Waals surface area contributed by atoms with Crippen LogP contribution >= 0.6 is 0 Å².